The van der Waals surface area contributed by atoms with Crippen molar-refractivity contribution in [3.05, 3.63) is 65.3 Å². The zero-order valence-corrected chi connectivity index (χ0v) is 11.6. The van der Waals surface area contributed by atoms with E-state index < -0.39 is 15.0 Å². The average molecular weight is 292 g/mol. The van der Waals surface area contributed by atoms with Crippen molar-refractivity contribution in [2.75, 3.05) is 7.11 Å². The second-order valence-electron chi connectivity index (χ2n) is 4.04. The van der Waals surface area contributed by atoms with Gasteiger partial charge in [-0.3, -0.25) is 0 Å². The molecule has 20 heavy (non-hydrogen) atoms. The number of hydrogen-bond acceptors (Lipinski definition) is 3. The Bertz CT molecular complexity index is 722. The maximum atomic E-state index is 14.0. The molecule has 2 rings (SSSR count). The van der Waals surface area contributed by atoms with Crippen LogP contribution < -0.4 is 4.74 Å². The molecule has 2 aromatic carbocycles. The molecular formula is C15H13FO3S. The largest absolute Gasteiger partial charge is 0.497 e. The lowest BCUT2D eigenvalue weighted by Crippen LogP contribution is -2.00. The van der Waals surface area contributed by atoms with E-state index in [1.807, 2.05) is 0 Å². The second-order valence-corrected chi connectivity index (χ2v) is 5.91. The van der Waals surface area contributed by atoms with Crippen LogP contribution in [0.15, 0.2) is 64.7 Å². The van der Waals surface area contributed by atoms with Gasteiger partial charge in [0.2, 0.25) is 15.0 Å². The van der Waals surface area contributed by atoms with Crippen LogP contribution in [0.2, 0.25) is 0 Å². The van der Waals surface area contributed by atoms with Crippen LogP contribution in [0.3, 0.4) is 0 Å². The lowest BCUT2D eigenvalue weighted by molar-refractivity contribution is 0.414. The van der Waals surface area contributed by atoms with Gasteiger partial charge in [-0.05, 0) is 35.9 Å². The van der Waals surface area contributed by atoms with Gasteiger partial charge in [0.15, 0.2) is 0 Å². The van der Waals surface area contributed by atoms with E-state index in [1.165, 1.54) is 19.2 Å². The summed E-state index contributed by atoms with van der Waals surface area (Å²) in [6, 6.07) is 14.0. The number of hydrogen-bond donors (Lipinski definition) is 0. The highest BCUT2D eigenvalue weighted by atomic mass is 32.2. The van der Waals surface area contributed by atoms with Crippen LogP contribution in [0.4, 0.5) is 4.39 Å². The quantitative estimate of drug-likeness (QED) is 0.867. The molecule has 0 heterocycles. The van der Waals surface area contributed by atoms with Gasteiger partial charge >= 0.3 is 0 Å². The zero-order chi connectivity index (χ0) is 14.6. The molecule has 104 valence electrons. The molecule has 0 aromatic heterocycles. The Labute approximate surface area is 117 Å². The fourth-order valence-corrected chi connectivity index (χ4v) is 2.68. The third kappa shape index (κ3) is 3.05. The topological polar surface area (TPSA) is 43.4 Å². The van der Waals surface area contributed by atoms with E-state index in [9.17, 15) is 12.8 Å². The minimum atomic E-state index is -4.10. The molecule has 0 saturated heterocycles. The van der Waals surface area contributed by atoms with Gasteiger partial charge in [-0.15, -0.1) is 0 Å². The summed E-state index contributed by atoms with van der Waals surface area (Å²) in [5.41, 5.74) is 0.418. The molecule has 0 atom stereocenters. The monoisotopic (exact) mass is 292 g/mol. The molecule has 0 aliphatic rings. The van der Waals surface area contributed by atoms with Gasteiger partial charge in [0.05, 0.1) is 12.0 Å². The molecule has 0 saturated carbocycles. The first kappa shape index (κ1) is 14.3. The lowest BCUT2D eigenvalue weighted by atomic mass is 10.2. The summed E-state index contributed by atoms with van der Waals surface area (Å²) in [5.74, 6) is 0.531. The highest BCUT2D eigenvalue weighted by molar-refractivity contribution is 7.95. The Hall–Kier alpha value is -2.14. The maximum absolute atomic E-state index is 14.0. The Morgan fingerprint density at radius 1 is 1.10 bits per heavy atom. The van der Waals surface area contributed by atoms with Crippen molar-refractivity contribution in [3.63, 3.8) is 0 Å². The fraction of sp³-hybridized carbons (Fsp3) is 0.0667. The number of methoxy groups -OCH3 is 1. The van der Waals surface area contributed by atoms with Crippen molar-refractivity contribution in [2.45, 2.75) is 4.90 Å². The summed E-state index contributed by atoms with van der Waals surface area (Å²) < 4.78 is 43.1. The van der Waals surface area contributed by atoms with E-state index >= 15 is 0 Å². The van der Waals surface area contributed by atoms with E-state index in [2.05, 4.69) is 0 Å². The van der Waals surface area contributed by atoms with E-state index in [-0.39, 0.29) is 4.90 Å². The van der Waals surface area contributed by atoms with Gasteiger partial charge in [0, 0.05) is 0 Å². The highest BCUT2D eigenvalue weighted by Crippen LogP contribution is 2.23. The summed E-state index contributed by atoms with van der Waals surface area (Å²) in [4.78, 5) is -0.0725. The standard InChI is InChI=1S/C15H13FO3S/c1-19-13-7-5-6-12(10-13)11-15(16)20(17,18)14-8-3-2-4-9-14/h2-11H,1H3/b15-11+. The summed E-state index contributed by atoms with van der Waals surface area (Å²) in [6.45, 7) is 0. The molecule has 5 heteroatoms. The SMILES string of the molecule is COc1cccc(/C=C(\F)S(=O)(=O)c2ccccc2)c1. The van der Waals surface area contributed by atoms with E-state index in [0.29, 0.717) is 11.3 Å². The molecule has 2 aromatic rings. The molecule has 0 spiro atoms. The first-order valence-electron chi connectivity index (χ1n) is 5.85. The molecule has 0 fully saturated rings. The summed E-state index contributed by atoms with van der Waals surface area (Å²) in [6.07, 6.45) is 0.977. The number of halogens is 1. The molecule has 0 aliphatic heterocycles. The lowest BCUT2D eigenvalue weighted by Gasteiger charge is -2.03. The maximum Gasteiger partial charge on any atom is 0.233 e. The van der Waals surface area contributed by atoms with Gasteiger partial charge in [0.1, 0.15) is 5.75 Å². The first-order chi connectivity index (χ1) is 9.54. The number of ether oxygens (including phenoxy) is 1. The van der Waals surface area contributed by atoms with Crippen molar-refractivity contribution in [1.29, 1.82) is 0 Å². The van der Waals surface area contributed by atoms with Gasteiger partial charge in [0.25, 0.3) is 0 Å². The van der Waals surface area contributed by atoms with Crippen molar-refractivity contribution >= 4 is 15.9 Å². The third-order valence-electron chi connectivity index (χ3n) is 2.68. The summed E-state index contributed by atoms with van der Waals surface area (Å²) in [7, 11) is -2.62. The van der Waals surface area contributed by atoms with Gasteiger partial charge in [-0.25, -0.2) is 8.42 Å². The second kappa shape index (κ2) is 5.88. The number of sulfone groups is 1. The van der Waals surface area contributed by atoms with E-state index in [4.69, 9.17) is 4.74 Å². The molecule has 0 unspecified atom stereocenters. The number of rotatable bonds is 4. The van der Waals surface area contributed by atoms with Crippen LogP contribution in [0.25, 0.3) is 6.08 Å². The predicted octanol–water partition coefficient (Wildman–Crippen LogP) is 3.44. The normalized spacial score (nSPS) is 12.2. The summed E-state index contributed by atoms with van der Waals surface area (Å²) >= 11 is 0. The van der Waals surface area contributed by atoms with Crippen LogP contribution in [0, 0.1) is 0 Å². The molecule has 0 aliphatic carbocycles. The fourth-order valence-electron chi connectivity index (χ4n) is 1.65. The van der Waals surface area contributed by atoms with Gasteiger partial charge in [-0.1, -0.05) is 30.3 Å². The minimum Gasteiger partial charge on any atom is -0.497 e. The Morgan fingerprint density at radius 2 is 1.80 bits per heavy atom. The minimum absolute atomic E-state index is 0.0725. The van der Waals surface area contributed by atoms with Crippen molar-refractivity contribution < 1.29 is 17.5 Å². The van der Waals surface area contributed by atoms with Crippen LogP contribution in [-0.4, -0.2) is 15.5 Å². The third-order valence-corrected chi connectivity index (χ3v) is 4.21. The van der Waals surface area contributed by atoms with Gasteiger partial charge in [-0.2, -0.15) is 4.39 Å². The average Bonchev–Trinajstić information content (AvgIpc) is 2.48. The van der Waals surface area contributed by atoms with Crippen molar-refractivity contribution in [1.82, 2.24) is 0 Å². The van der Waals surface area contributed by atoms with Crippen LogP contribution in [-0.2, 0) is 9.84 Å². The summed E-state index contributed by atoms with van der Waals surface area (Å²) in [5, 5.41) is -1.20. The van der Waals surface area contributed by atoms with Crippen molar-refractivity contribution in [3.8, 4) is 5.75 Å². The van der Waals surface area contributed by atoms with Crippen molar-refractivity contribution in [2.24, 2.45) is 0 Å². The van der Waals surface area contributed by atoms with Crippen LogP contribution in [0.1, 0.15) is 5.56 Å². The molecule has 0 amide bonds. The molecule has 0 bridgehead atoms. The van der Waals surface area contributed by atoms with Crippen LogP contribution >= 0.6 is 0 Å². The van der Waals surface area contributed by atoms with E-state index in [0.717, 1.165) is 6.08 Å². The zero-order valence-electron chi connectivity index (χ0n) is 10.8. The highest BCUT2D eigenvalue weighted by Gasteiger charge is 2.20. The predicted molar refractivity (Wildman–Crippen MR) is 75.7 cm³/mol. The number of benzene rings is 2. The first-order valence-corrected chi connectivity index (χ1v) is 7.34. The van der Waals surface area contributed by atoms with Crippen LogP contribution in [0.5, 0.6) is 5.75 Å². The molecule has 3 nitrogen and oxygen atoms in total. The Balaban J connectivity index is 2.39. The Kier molecular flexibility index (Phi) is 4.20. The molecular weight excluding hydrogens is 279 g/mol. The smallest absolute Gasteiger partial charge is 0.233 e. The van der Waals surface area contributed by atoms with E-state index in [1.54, 1.807) is 42.5 Å². The molecule has 0 radical (unpaired) electrons. The van der Waals surface area contributed by atoms with Gasteiger partial charge < -0.3 is 4.74 Å². The Morgan fingerprint density at radius 3 is 2.45 bits per heavy atom. The molecule has 0 N–H and O–H groups in total.